The zero-order chi connectivity index (χ0) is 8.27. The third-order valence-corrected chi connectivity index (χ3v) is 1.84. The molecule has 0 saturated carbocycles. The molecule has 0 bridgehead atoms. The molecule has 0 amide bonds. The second-order valence-electron chi connectivity index (χ2n) is 2.51. The number of furan rings is 1. The van der Waals surface area contributed by atoms with Crippen LogP contribution in [0.4, 0.5) is 0 Å². The summed E-state index contributed by atoms with van der Waals surface area (Å²) in [6, 6.07) is 1.97. The van der Waals surface area contributed by atoms with Crippen molar-refractivity contribution in [1.29, 1.82) is 0 Å². The molecule has 1 aromatic heterocycles. The molecule has 1 aromatic rings. The number of likely N-dealkylation sites (N-methyl/N-ethyl adjacent to an activating group) is 1. The highest BCUT2D eigenvalue weighted by atomic mass is 35.5. The Labute approximate surface area is 71.5 Å². The Morgan fingerprint density at radius 2 is 2.36 bits per heavy atom. The predicted molar refractivity (Wildman–Crippen MR) is 46.1 cm³/mol. The Hall–Kier alpha value is -0.470. The van der Waals surface area contributed by atoms with Crippen LogP contribution in [0.5, 0.6) is 0 Å². The molecule has 0 radical (unpaired) electrons. The third-order valence-electron chi connectivity index (χ3n) is 1.52. The lowest BCUT2D eigenvalue weighted by Crippen LogP contribution is -2.09. The Balaban J connectivity index is 2.62. The standard InChI is InChI=1S/C8H12ClNO/c1-6-5-7(3-4-10-2)8(9)11-6/h5,10H,3-4H2,1-2H3. The van der Waals surface area contributed by atoms with Gasteiger partial charge in [-0.2, -0.15) is 0 Å². The van der Waals surface area contributed by atoms with Gasteiger partial charge in [0.15, 0.2) is 5.22 Å². The normalized spacial score (nSPS) is 10.5. The first-order valence-electron chi connectivity index (χ1n) is 3.63. The van der Waals surface area contributed by atoms with Gasteiger partial charge in [0.05, 0.1) is 0 Å². The monoisotopic (exact) mass is 173 g/mol. The van der Waals surface area contributed by atoms with Crippen LogP contribution in [-0.2, 0) is 6.42 Å². The van der Waals surface area contributed by atoms with Crippen molar-refractivity contribution in [2.45, 2.75) is 13.3 Å². The van der Waals surface area contributed by atoms with Crippen molar-refractivity contribution in [3.05, 3.63) is 22.6 Å². The molecule has 3 heteroatoms. The van der Waals surface area contributed by atoms with Crippen molar-refractivity contribution < 1.29 is 4.42 Å². The number of hydrogen-bond donors (Lipinski definition) is 1. The number of halogens is 1. The molecular formula is C8H12ClNO. The average Bonchev–Trinajstić information content (AvgIpc) is 2.26. The Bertz CT molecular complexity index is 232. The summed E-state index contributed by atoms with van der Waals surface area (Å²) in [5.74, 6) is 0.876. The van der Waals surface area contributed by atoms with Gasteiger partial charge in [-0.1, -0.05) is 0 Å². The van der Waals surface area contributed by atoms with Crippen LogP contribution in [0.2, 0.25) is 5.22 Å². The van der Waals surface area contributed by atoms with E-state index in [1.54, 1.807) is 0 Å². The van der Waals surface area contributed by atoms with Crippen LogP contribution >= 0.6 is 11.6 Å². The summed E-state index contributed by atoms with van der Waals surface area (Å²) in [5, 5.41) is 3.58. The van der Waals surface area contributed by atoms with E-state index in [9.17, 15) is 0 Å². The summed E-state index contributed by atoms with van der Waals surface area (Å²) >= 11 is 5.79. The van der Waals surface area contributed by atoms with E-state index in [4.69, 9.17) is 16.0 Å². The fourth-order valence-corrected chi connectivity index (χ4v) is 1.24. The van der Waals surface area contributed by atoms with Gasteiger partial charge >= 0.3 is 0 Å². The maximum atomic E-state index is 5.79. The van der Waals surface area contributed by atoms with E-state index in [1.165, 1.54) is 0 Å². The van der Waals surface area contributed by atoms with E-state index in [0.29, 0.717) is 5.22 Å². The van der Waals surface area contributed by atoms with Gasteiger partial charge < -0.3 is 9.73 Å². The van der Waals surface area contributed by atoms with Gasteiger partial charge in [0, 0.05) is 5.56 Å². The number of aryl methyl sites for hydroxylation is 1. The molecule has 0 fully saturated rings. The van der Waals surface area contributed by atoms with Gasteiger partial charge in [-0.25, -0.2) is 0 Å². The van der Waals surface area contributed by atoms with Gasteiger partial charge in [0.25, 0.3) is 0 Å². The maximum Gasteiger partial charge on any atom is 0.196 e. The Morgan fingerprint density at radius 1 is 1.64 bits per heavy atom. The number of rotatable bonds is 3. The highest BCUT2D eigenvalue weighted by Crippen LogP contribution is 2.20. The highest BCUT2D eigenvalue weighted by molar-refractivity contribution is 6.29. The van der Waals surface area contributed by atoms with Crippen molar-refractivity contribution >= 4 is 11.6 Å². The van der Waals surface area contributed by atoms with E-state index < -0.39 is 0 Å². The first kappa shape index (κ1) is 8.62. The summed E-state index contributed by atoms with van der Waals surface area (Å²) in [4.78, 5) is 0. The number of nitrogens with one attached hydrogen (secondary N) is 1. The lowest BCUT2D eigenvalue weighted by Gasteiger charge is -1.94. The summed E-state index contributed by atoms with van der Waals surface area (Å²) in [7, 11) is 1.92. The smallest absolute Gasteiger partial charge is 0.196 e. The molecule has 0 aliphatic heterocycles. The van der Waals surface area contributed by atoms with Gasteiger partial charge in [0.1, 0.15) is 5.76 Å². The van der Waals surface area contributed by atoms with Crippen molar-refractivity contribution in [2.75, 3.05) is 13.6 Å². The minimum atomic E-state index is 0.526. The lowest BCUT2D eigenvalue weighted by atomic mass is 10.2. The Morgan fingerprint density at radius 3 is 2.82 bits per heavy atom. The fourth-order valence-electron chi connectivity index (χ4n) is 0.969. The zero-order valence-electron chi connectivity index (χ0n) is 6.78. The van der Waals surface area contributed by atoms with E-state index in [2.05, 4.69) is 5.32 Å². The third kappa shape index (κ3) is 2.24. The molecule has 0 atom stereocenters. The fraction of sp³-hybridized carbons (Fsp3) is 0.500. The topological polar surface area (TPSA) is 25.2 Å². The lowest BCUT2D eigenvalue weighted by molar-refractivity contribution is 0.533. The molecule has 62 valence electrons. The summed E-state index contributed by atoms with van der Waals surface area (Å²) in [6.45, 7) is 2.83. The molecular weight excluding hydrogens is 162 g/mol. The Kier molecular flexibility index (Phi) is 2.97. The molecule has 0 aliphatic rings. The van der Waals surface area contributed by atoms with Crippen LogP contribution in [0.15, 0.2) is 10.5 Å². The van der Waals surface area contributed by atoms with Crippen LogP contribution < -0.4 is 5.32 Å². The molecule has 0 unspecified atom stereocenters. The molecule has 1 rings (SSSR count). The molecule has 0 aromatic carbocycles. The maximum absolute atomic E-state index is 5.79. The first-order valence-corrected chi connectivity index (χ1v) is 4.01. The quantitative estimate of drug-likeness (QED) is 0.757. The summed E-state index contributed by atoms with van der Waals surface area (Å²) in [6.07, 6.45) is 0.923. The molecule has 2 nitrogen and oxygen atoms in total. The van der Waals surface area contributed by atoms with E-state index in [0.717, 1.165) is 24.3 Å². The molecule has 1 N–H and O–H groups in total. The predicted octanol–water partition coefficient (Wildman–Crippen LogP) is 2.00. The molecule has 11 heavy (non-hydrogen) atoms. The second kappa shape index (κ2) is 3.79. The van der Waals surface area contributed by atoms with Crippen LogP contribution in [0.25, 0.3) is 0 Å². The minimum Gasteiger partial charge on any atom is -0.450 e. The van der Waals surface area contributed by atoms with Crippen LogP contribution in [0.1, 0.15) is 11.3 Å². The molecule has 0 saturated heterocycles. The zero-order valence-corrected chi connectivity index (χ0v) is 7.53. The van der Waals surface area contributed by atoms with Crippen molar-refractivity contribution in [2.24, 2.45) is 0 Å². The van der Waals surface area contributed by atoms with Gasteiger partial charge in [-0.3, -0.25) is 0 Å². The van der Waals surface area contributed by atoms with Crippen molar-refractivity contribution in [3.8, 4) is 0 Å². The van der Waals surface area contributed by atoms with Crippen LogP contribution in [0, 0.1) is 6.92 Å². The molecule has 0 spiro atoms. The summed E-state index contributed by atoms with van der Waals surface area (Å²) in [5.41, 5.74) is 1.08. The van der Waals surface area contributed by atoms with E-state index in [1.807, 2.05) is 20.0 Å². The average molecular weight is 174 g/mol. The van der Waals surface area contributed by atoms with Crippen molar-refractivity contribution in [3.63, 3.8) is 0 Å². The van der Waals surface area contributed by atoms with Crippen molar-refractivity contribution in [1.82, 2.24) is 5.32 Å². The highest BCUT2D eigenvalue weighted by Gasteiger charge is 2.04. The van der Waals surface area contributed by atoms with E-state index in [-0.39, 0.29) is 0 Å². The molecule has 0 aliphatic carbocycles. The second-order valence-corrected chi connectivity index (χ2v) is 2.85. The largest absolute Gasteiger partial charge is 0.450 e. The number of hydrogen-bond acceptors (Lipinski definition) is 2. The minimum absolute atomic E-state index is 0.526. The molecule has 1 heterocycles. The summed E-state index contributed by atoms with van der Waals surface area (Å²) < 4.78 is 5.15. The first-order chi connectivity index (χ1) is 5.24. The van der Waals surface area contributed by atoms with Gasteiger partial charge in [0.2, 0.25) is 0 Å². The van der Waals surface area contributed by atoms with Gasteiger partial charge in [-0.05, 0) is 44.6 Å². The van der Waals surface area contributed by atoms with Crippen LogP contribution in [0.3, 0.4) is 0 Å². The van der Waals surface area contributed by atoms with E-state index >= 15 is 0 Å². The van der Waals surface area contributed by atoms with Crippen LogP contribution in [-0.4, -0.2) is 13.6 Å². The van der Waals surface area contributed by atoms with Gasteiger partial charge in [-0.15, -0.1) is 0 Å². The SMILES string of the molecule is CNCCc1cc(C)oc1Cl.